The zero-order valence-corrected chi connectivity index (χ0v) is 11.1. The third kappa shape index (κ3) is 2.14. The van der Waals surface area contributed by atoms with Crippen molar-refractivity contribution in [3.63, 3.8) is 0 Å². The molecule has 0 amide bonds. The molecule has 0 saturated heterocycles. The van der Waals surface area contributed by atoms with Crippen LogP contribution in [0.15, 0.2) is 31.0 Å². The second-order valence-electron chi connectivity index (χ2n) is 5.07. The highest BCUT2D eigenvalue weighted by Crippen LogP contribution is 2.42. The molecular weight excluding hydrogens is 236 g/mol. The molecule has 2 aromatic heterocycles. The fraction of sp³-hybridized carbons (Fsp3) is 0.333. The van der Waals surface area contributed by atoms with Crippen LogP contribution in [0.4, 0.5) is 5.82 Å². The van der Waals surface area contributed by atoms with Crippen molar-refractivity contribution in [1.29, 1.82) is 0 Å². The second-order valence-corrected chi connectivity index (χ2v) is 5.07. The van der Waals surface area contributed by atoms with E-state index < -0.39 is 0 Å². The number of allylic oxidation sites excluding steroid dienone is 1. The van der Waals surface area contributed by atoms with E-state index in [1.807, 2.05) is 31.3 Å². The van der Waals surface area contributed by atoms with Crippen LogP contribution in [0.2, 0.25) is 0 Å². The molecule has 98 valence electrons. The fourth-order valence-corrected chi connectivity index (χ4v) is 2.28. The number of nitrogens with zero attached hydrogens (tertiary/aromatic N) is 3. The van der Waals surface area contributed by atoms with Crippen molar-refractivity contribution in [3.05, 3.63) is 42.5 Å². The number of nitrogen functional groups attached to an aromatic ring is 1. The van der Waals surface area contributed by atoms with E-state index in [0.717, 1.165) is 22.8 Å². The highest BCUT2D eigenvalue weighted by molar-refractivity contribution is 5.70. The molecule has 2 N–H and O–H groups in total. The Morgan fingerprint density at radius 2 is 2.26 bits per heavy atom. The van der Waals surface area contributed by atoms with Gasteiger partial charge in [0.05, 0.1) is 0 Å². The molecule has 1 saturated carbocycles. The zero-order valence-electron chi connectivity index (χ0n) is 11.1. The SMILES string of the molecule is C=CCn1c(C2CC2)nc(-c2ccc(C)nc2)c1N. The van der Waals surface area contributed by atoms with Crippen molar-refractivity contribution in [2.45, 2.75) is 32.2 Å². The van der Waals surface area contributed by atoms with Crippen LogP contribution in [0.5, 0.6) is 0 Å². The van der Waals surface area contributed by atoms with Crippen molar-refractivity contribution in [3.8, 4) is 11.3 Å². The summed E-state index contributed by atoms with van der Waals surface area (Å²) in [6.45, 7) is 6.48. The molecule has 1 aliphatic rings. The first-order valence-electron chi connectivity index (χ1n) is 6.60. The summed E-state index contributed by atoms with van der Waals surface area (Å²) in [6.07, 6.45) is 6.11. The minimum Gasteiger partial charge on any atom is -0.383 e. The van der Waals surface area contributed by atoms with Gasteiger partial charge in [-0.3, -0.25) is 4.98 Å². The number of anilines is 1. The Morgan fingerprint density at radius 3 is 2.84 bits per heavy atom. The molecule has 1 aliphatic carbocycles. The number of nitrogens with two attached hydrogens (primary N) is 1. The van der Waals surface area contributed by atoms with E-state index in [4.69, 9.17) is 10.7 Å². The van der Waals surface area contributed by atoms with Gasteiger partial charge in [0.15, 0.2) is 0 Å². The summed E-state index contributed by atoms with van der Waals surface area (Å²) < 4.78 is 2.07. The van der Waals surface area contributed by atoms with E-state index in [1.165, 1.54) is 12.8 Å². The average molecular weight is 254 g/mol. The summed E-state index contributed by atoms with van der Waals surface area (Å²) >= 11 is 0. The lowest BCUT2D eigenvalue weighted by Gasteiger charge is -2.05. The first-order valence-corrected chi connectivity index (χ1v) is 6.60. The van der Waals surface area contributed by atoms with Gasteiger partial charge in [0.25, 0.3) is 0 Å². The number of pyridine rings is 1. The minimum absolute atomic E-state index is 0.564. The van der Waals surface area contributed by atoms with Crippen molar-refractivity contribution >= 4 is 5.82 Å². The smallest absolute Gasteiger partial charge is 0.132 e. The fourth-order valence-electron chi connectivity index (χ4n) is 2.28. The summed E-state index contributed by atoms with van der Waals surface area (Å²) in [5.41, 5.74) is 9.07. The lowest BCUT2D eigenvalue weighted by molar-refractivity contribution is 0.750. The van der Waals surface area contributed by atoms with Gasteiger partial charge in [-0.05, 0) is 31.9 Å². The molecule has 19 heavy (non-hydrogen) atoms. The maximum absolute atomic E-state index is 6.25. The topological polar surface area (TPSA) is 56.7 Å². The highest BCUT2D eigenvalue weighted by atomic mass is 15.1. The van der Waals surface area contributed by atoms with Crippen LogP contribution in [-0.4, -0.2) is 14.5 Å². The van der Waals surface area contributed by atoms with E-state index in [1.54, 1.807) is 0 Å². The Hall–Kier alpha value is -2.10. The molecule has 0 spiro atoms. The molecule has 3 rings (SSSR count). The van der Waals surface area contributed by atoms with E-state index in [0.29, 0.717) is 18.3 Å². The van der Waals surface area contributed by atoms with Gasteiger partial charge in [0.2, 0.25) is 0 Å². The summed E-state index contributed by atoms with van der Waals surface area (Å²) in [5.74, 6) is 2.37. The zero-order chi connectivity index (χ0) is 13.4. The largest absolute Gasteiger partial charge is 0.383 e. The van der Waals surface area contributed by atoms with E-state index >= 15 is 0 Å². The van der Waals surface area contributed by atoms with Crippen LogP contribution in [0.3, 0.4) is 0 Å². The van der Waals surface area contributed by atoms with Crippen molar-refractivity contribution in [2.24, 2.45) is 0 Å². The van der Waals surface area contributed by atoms with Crippen LogP contribution >= 0.6 is 0 Å². The van der Waals surface area contributed by atoms with E-state index in [9.17, 15) is 0 Å². The molecule has 1 fully saturated rings. The van der Waals surface area contributed by atoms with Gasteiger partial charge in [-0.2, -0.15) is 0 Å². The van der Waals surface area contributed by atoms with Crippen LogP contribution in [0, 0.1) is 6.92 Å². The van der Waals surface area contributed by atoms with E-state index in [2.05, 4.69) is 16.1 Å². The molecule has 0 aliphatic heterocycles. The predicted molar refractivity (Wildman–Crippen MR) is 76.8 cm³/mol. The van der Waals surface area contributed by atoms with Crippen molar-refractivity contribution in [2.75, 3.05) is 5.73 Å². The molecule has 4 heteroatoms. The molecule has 0 aromatic carbocycles. The van der Waals surface area contributed by atoms with Crippen molar-refractivity contribution < 1.29 is 0 Å². The number of imidazole rings is 1. The second kappa shape index (κ2) is 4.53. The Bertz CT molecular complexity index is 606. The maximum Gasteiger partial charge on any atom is 0.132 e. The van der Waals surface area contributed by atoms with E-state index in [-0.39, 0.29) is 0 Å². The molecule has 0 radical (unpaired) electrons. The minimum atomic E-state index is 0.564. The molecule has 2 aromatic rings. The van der Waals surface area contributed by atoms with Crippen LogP contribution in [0.25, 0.3) is 11.3 Å². The molecule has 0 bridgehead atoms. The van der Waals surface area contributed by atoms with Gasteiger partial charge in [0.1, 0.15) is 17.3 Å². The molecule has 4 nitrogen and oxygen atoms in total. The van der Waals surface area contributed by atoms with Crippen molar-refractivity contribution in [1.82, 2.24) is 14.5 Å². The number of hydrogen-bond acceptors (Lipinski definition) is 3. The van der Waals surface area contributed by atoms with Gasteiger partial charge in [-0.1, -0.05) is 6.08 Å². The van der Waals surface area contributed by atoms with Gasteiger partial charge in [-0.25, -0.2) is 4.98 Å². The first kappa shape index (κ1) is 12.0. The Balaban J connectivity index is 2.08. The maximum atomic E-state index is 6.25. The van der Waals surface area contributed by atoms with Gasteiger partial charge < -0.3 is 10.3 Å². The Labute approximate surface area is 113 Å². The molecule has 2 heterocycles. The molecule has 0 atom stereocenters. The average Bonchev–Trinajstić information content (AvgIpc) is 3.19. The Morgan fingerprint density at radius 1 is 1.47 bits per heavy atom. The number of aryl methyl sites for hydroxylation is 1. The third-order valence-electron chi connectivity index (χ3n) is 3.48. The summed E-state index contributed by atoms with van der Waals surface area (Å²) in [4.78, 5) is 9.06. The standard InChI is InChI=1S/C15H18N4/c1-3-8-19-14(16)13(18-15(19)11-6-7-11)12-5-4-10(2)17-9-12/h3-5,9,11H,1,6-8,16H2,2H3. The Kier molecular flexibility index (Phi) is 2.85. The first-order chi connectivity index (χ1) is 9.20. The third-order valence-corrected chi connectivity index (χ3v) is 3.48. The summed E-state index contributed by atoms with van der Waals surface area (Å²) in [5, 5.41) is 0. The quantitative estimate of drug-likeness (QED) is 0.853. The summed E-state index contributed by atoms with van der Waals surface area (Å²) in [6, 6.07) is 4.01. The van der Waals surface area contributed by atoms with Gasteiger partial charge in [0, 0.05) is 29.9 Å². The van der Waals surface area contributed by atoms with Gasteiger partial charge >= 0.3 is 0 Å². The predicted octanol–water partition coefficient (Wildman–Crippen LogP) is 2.90. The molecule has 0 unspecified atom stereocenters. The van der Waals surface area contributed by atoms with Gasteiger partial charge in [-0.15, -0.1) is 6.58 Å². The monoisotopic (exact) mass is 254 g/mol. The lowest BCUT2D eigenvalue weighted by Crippen LogP contribution is -2.05. The van der Waals surface area contributed by atoms with Crippen LogP contribution < -0.4 is 5.73 Å². The molecular formula is C15H18N4. The normalized spacial score (nSPS) is 14.6. The lowest BCUT2D eigenvalue weighted by atomic mass is 10.2. The number of hydrogen-bond donors (Lipinski definition) is 1. The number of aromatic nitrogens is 3. The van der Waals surface area contributed by atoms with Crippen LogP contribution in [0.1, 0.15) is 30.3 Å². The highest BCUT2D eigenvalue weighted by Gasteiger charge is 2.30. The summed E-state index contributed by atoms with van der Waals surface area (Å²) in [7, 11) is 0. The van der Waals surface area contributed by atoms with Crippen LogP contribution in [-0.2, 0) is 6.54 Å². The number of rotatable bonds is 4.